The highest BCUT2D eigenvalue weighted by Gasteiger charge is 2.42. The number of rotatable bonds is 5. The lowest BCUT2D eigenvalue weighted by molar-refractivity contribution is -0.136. The average molecular weight is 359 g/mol. The fourth-order valence-corrected chi connectivity index (χ4v) is 4.16. The molecule has 3 aliphatic rings. The first kappa shape index (κ1) is 17.7. The lowest BCUT2D eigenvalue weighted by Gasteiger charge is -2.37. The third-order valence-corrected chi connectivity index (χ3v) is 5.75. The highest BCUT2D eigenvalue weighted by Crippen LogP contribution is 2.22. The molecule has 3 aliphatic heterocycles. The monoisotopic (exact) mass is 359 g/mol. The van der Waals surface area contributed by atoms with Crippen molar-refractivity contribution in [2.24, 2.45) is 5.92 Å². The van der Waals surface area contributed by atoms with Crippen LogP contribution in [0.15, 0.2) is 30.3 Å². The predicted molar refractivity (Wildman–Crippen MR) is 99.8 cm³/mol. The Labute approximate surface area is 155 Å². The topological polar surface area (TPSA) is 68.9 Å². The van der Waals surface area contributed by atoms with Gasteiger partial charge in [0.05, 0.1) is 0 Å². The molecule has 1 aromatic rings. The number of carbonyl (C=O) groups is 1. The molecule has 0 aromatic heterocycles. The van der Waals surface area contributed by atoms with Crippen molar-refractivity contribution in [1.82, 2.24) is 26.0 Å². The fraction of sp³-hybridized carbons (Fsp3) is 0.632. The summed E-state index contributed by atoms with van der Waals surface area (Å²) in [5, 5.41) is 3.41. The summed E-state index contributed by atoms with van der Waals surface area (Å²) in [6.07, 6.45) is 1.08. The van der Waals surface area contributed by atoms with E-state index in [4.69, 9.17) is 4.74 Å². The number of piperidine rings is 1. The molecular formula is C19H29N5O2. The summed E-state index contributed by atoms with van der Waals surface area (Å²) in [6.45, 7) is 6.95. The number of hydrogen-bond acceptors (Lipinski definition) is 6. The Morgan fingerprint density at radius 1 is 1.12 bits per heavy atom. The Bertz CT molecular complexity index is 591. The van der Waals surface area contributed by atoms with Crippen molar-refractivity contribution in [2.75, 3.05) is 52.4 Å². The Kier molecular flexibility index (Phi) is 5.69. The third-order valence-electron chi connectivity index (χ3n) is 5.75. The molecule has 26 heavy (non-hydrogen) atoms. The summed E-state index contributed by atoms with van der Waals surface area (Å²) in [7, 11) is 0. The van der Waals surface area contributed by atoms with E-state index in [2.05, 4.69) is 21.1 Å². The maximum atomic E-state index is 12.9. The molecule has 3 heterocycles. The maximum Gasteiger partial charge on any atom is 0.241 e. The van der Waals surface area contributed by atoms with E-state index in [-0.39, 0.29) is 11.9 Å². The van der Waals surface area contributed by atoms with Gasteiger partial charge in [-0.25, -0.2) is 5.43 Å². The molecule has 0 saturated carbocycles. The van der Waals surface area contributed by atoms with Crippen LogP contribution in [0.3, 0.4) is 0 Å². The number of carbonyl (C=O) groups excluding carboxylic acids is 1. The van der Waals surface area contributed by atoms with Crippen LogP contribution in [-0.2, 0) is 4.79 Å². The van der Waals surface area contributed by atoms with Gasteiger partial charge in [-0.05, 0) is 25.1 Å². The van der Waals surface area contributed by atoms with Crippen LogP contribution in [-0.4, -0.2) is 80.2 Å². The summed E-state index contributed by atoms with van der Waals surface area (Å²) < 4.78 is 5.78. The van der Waals surface area contributed by atoms with E-state index in [1.807, 2.05) is 35.2 Å². The van der Waals surface area contributed by atoms with Gasteiger partial charge in [-0.3, -0.25) is 15.1 Å². The first-order valence-electron chi connectivity index (χ1n) is 9.72. The molecule has 3 saturated heterocycles. The highest BCUT2D eigenvalue weighted by atomic mass is 16.5. The molecule has 0 spiro atoms. The Morgan fingerprint density at radius 2 is 1.92 bits per heavy atom. The first-order chi connectivity index (χ1) is 12.8. The van der Waals surface area contributed by atoms with Crippen molar-refractivity contribution in [3.63, 3.8) is 0 Å². The van der Waals surface area contributed by atoms with E-state index in [1.54, 1.807) is 0 Å². The number of nitrogens with one attached hydrogen (secondary N) is 3. The average Bonchev–Trinajstić information content (AvgIpc) is 3.13. The van der Waals surface area contributed by atoms with E-state index in [0.717, 1.165) is 58.0 Å². The number of amides is 1. The van der Waals surface area contributed by atoms with Crippen LogP contribution in [0.25, 0.3) is 0 Å². The molecule has 0 bridgehead atoms. The summed E-state index contributed by atoms with van der Waals surface area (Å²) >= 11 is 0. The van der Waals surface area contributed by atoms with E-state index >= 15 is 0 Å². The van der Waals surface area contributed by atoms with Crippen molar-refractivity contribution in [1.29, 1.82) is 0 Å². The quantitative estimate of drug-likeness (QED) is 0.669. The molecule has 7 heteroatoms. The van der Waals surface area contributed by atoms with Crippen molar-refractivity contribution in [3.05, 3.63) is 30.3 Å². The minimum Gasteiger partial charge on any atom is -0.492 e. The number of hydrazine groups is 1. The van der Waals surface area contributed by atoms with Gasteiger partial charge in [0, 0.05) is 51.2 Å². The van der Waals surface area contributed by atoms with E-state index < -0.39 is 0 Å². The zero-order chi connectivity index (χ0) is 17.8. The second-order valence-electron chi connectivity index (χ2n) is 7.36. The first-order valence-corrected chi connectivity index (χ1v) is 9.72. The van der Waals surface area contributed by atoms with Gasteiger partial charge in [0.15, 0.2) is 0 Å². The number of ether oxygens (including phenoxy) is 1. The van der Waals surface area contributed by atoms with Gasteiger partial charge in [0.2, 0.25) is 5.91 Å². The molecule has 1 aromatic carbocycles. The lowest BCUT2D eigenvalue weighted by atomic mass is 9.89. The minimum atomic E-state index is -0.0965. The Hall–Kier alpha value is -1.67. The summed E-state index contributed by atoms with van der Waals surface area (Å²) in [6, 6.07) is 10.2. The van der Waals surface area contributed by atoms with Crippen molar-refractivity contribution in [2.45, 2.75) is 18.5 Å². The van der Waals surface area contributed by atoms with Gasteiger partial charge in [0.25, 0.3) is 0 Å². The number of hydrogen-bond donors (Lipinski definition) is 3. The van der Waals surface area contributed by atoms with Gasteiger partial charge in [-0.1, -0.05) is 18.2 Å². The number of para-hydroxylation sites is 1. The van der Waals surface area contributed by atoms with Gasteiger partial charge in [-0.2, -0.15) is 0 Å². The van der Waals surface area contributed by atoms with Gasteiger partial charge < -0.3 is 15.0 Å². The van der Waals surface area contributed by atoms with Crippen LogP contribution >= 0.6 is 0 Å². The number of benzene rings is 1. The largest absolute Gasteiger partial charge is 0.492 e. The second-order valence-corrected chi connectivity index (χ2v) is 7.36. The second kappa shape index (κ2) is 8.35. The predicted octanol–water partition coefficient (Wildman–Crippen LogP) is -0.336. The molecule has 142 valence electrons. The molecule has 3 unspecified atom stereocenters. The number of nitrogens with zero attached hydrogens (tertiary/aromatic N) is 2. The van der Waals surface area contributed by atoms with Gasteiger partial charge in [-0.15, -0.1) is 0 Å². The van der Waals surface area contributed by atoms with Crippen molar-refractivity contribution < 1.29 is 9.53 Å². The summed E-state index contributed by atoms with van der Waals surface area (Å²) in [4.78, 5) is 17.3. The van der Waals surface area contributed by atoms with Crippen LogP contribution in [0.4, 0.5) is 0 Å². The van der Waals surface area contributed by atoms with Crippen LogP contribution in [0.2, 0.25) is 0 Å². The lowest BCUT2D eigenvalue weighted by Crippen LogP contribution is -2.56. The Morgan fingerprint density at radius 3 is 2.73 bits per heavy atom. The molecule has 7 nitrogen and oxygen atoms in total. The normalized spacial score (nSPS) is 29.4. The molecule has 3 fully saturated rings. The van der Waals surface area contributed by atoms with Crippen LogP contribution in [0.5, 0.6) is 5.75 Å². The molecule has 3 N–H and O–H groups in total. The molecule has 0 aliphatic carbocycles. The van der Waals surface area contributed by atoms with Gasteiger partial charge in [0.1, 0.15) is 18.4 Å². The van der Waals surface area contributed by atoms with Gasteiger partial charge >= 0.3 is 0 Å². The van der Waals surface area contributed by atoms with Crippen LogP contribution in [0.1, 0.15) is 6.42 Å². The molecule has 3 atom stereocenters. The zero-order valence-electron chi connectivity index (χ0n) is 15.2. The van der Waals surface area contributed by atoms with E-state index in [0.29, 0.717) is 18.6 Å². The van der Waals surface area contributed by atoms with E-state index in [1.165, 1.54) is 0 Å². The standard InChI is InChI=1S/C19H29N5O2/c25-19(18-16-14-20-7-6-17(16)21-22-18)24-10-8-23(9-11-24)12-13-26-15-4-2-1-3-5-15/h1-5,16-18,20-22H,6-14H2. The summed E-state index contributed by atoms with van der Waals surface area (Å²) in [5.74, 6) is 1.51. The van der Waals surface area contributed by atoms with Crippen LogP contribution < -0.4 is 20.9 Å². The maximum absolute atomic E-state index is 12.9. The molecular weight excluding hydrogens is 330 g/mol. The molecule has 0 radical (unpaired) electrons. The van der Waals surface area contributed by atoms with Crippen LogP contribution in [0, 0.1) is 5.92 Å². The van der Waals surface area contributed by atoms with Crippen molar-refractivity contribution >= 4 is 5.91 Å². The smallest absolute Gasteiger partial charge is 0.241 e. The molecule has 4 rings (SSSR count). The minimum absolute atomic E-state index is 0.0965. The number of fused-ring (bicyclic) bond motifs is 1. The Balaban J connectivity index is 1.20. The SMILES string of the molecule is O=C(C1NNC2CCNCC21)N1CCN(CCOc2ccccc2)CC1. The van der Waals surface area contributed by atoms with Crippen molar-refractivity contribution in [3.8, 4) is 5.75 Å². The van der Waals surface area contributed by atoms with E-state index in [9.17, 15) is 4.79 Å². The number of piperazine rings is 1. The zero-order valence-corrected chi connectivity index (χ0v) is 15.2. The third kappa shape index (κ3) is 4.01. The molecule has 1 amide bonds. The fourth-order valence-electron chi connectivity index (χ4n) is 4.16. The summed E-state index contributed by atoms with van der Waals surface area (Å²) in [5.41, 5.74) is 6.56. The highest BCUT2D eigenvalue weighted by molar-refractivity contribution is 5.82.